The van der Waals surface area contributed by atoms with Crippen molar-refractivity contribution in [1.29, 1.82) is 0 Å². The van der Waals surface area contributed by atoms with Gasteiger partial charge in [-0.15, -0.1) is 0 Å². The van der Waals surface area contributed by atoms with Gasteiger partial charge in [-0.05, 0) is 43.9 Å². The second-order valence-electron chi connectivity index (χ2n) is 4.81. The Bertz CT molecular complexity index is 477. The molecular formula is C14H22O4S. The summed E-state index contributed by atoms with van der Waals surface area (Å²) >= 11 is 0. The summed E-state index contributed by atoms with van der Waals surface area (Å²) in [5, 5.41) is 18.7. The first-order valence-corrected chi connectivity index (χ1v) is 8.20. The minimum Gasteiger partial charge on any atom is -0.391 e. The summed E-state index contributed by atoms with van der Waals surface area (Å²) in [5.74, 6) is 0.160. The van der Waals surface area contributed by atoms with Crippen LogP contribution in [0, 0.1) is 0 Å². The predicted octanol–water partition coefficient (Wildman–Crippen LogP) is 1.54. The van der Waals surface area contributed by atoms with E-state index in [0.717, 1.165) is 5.56 Å². The van der Waals surface area contributed by atoms with Gasteiger partial charge in [0, 0.05) is 0 Å². The van der Waals surface area contributed by atoms with E-state index in [4.69, 9.17) is 0 Å². The summed E-state index contributed by atoms with van der Waals surface area (Å²) in [6, 6.07) is 6.73. The standard InChI is InChI=1S/C14H22O4S/c1-3-10-19(17,18)13-7-4-12(5-8-13)6-9-14(16)11(2)15/h4-5,7-8,11,14-16H,3,6,9-10H2,1-2H3. The summed E-state index contributed by atoms with van der Waals surface area (Å²) in [4.78, 5) is 0.342. The Balaban J connectivity index is 2.67. The van der Waals surface area contributed by atoms with Crippen molar-refractivity contribution in [2.75, 3.05) is 5.75 Å². The zero-order valence-corrected chi connectivity index (χ0v) is 12.2. The van der Waals surface area contributed by atoms with Gasteiger partial charge in [0.05, 0.1) is 22.9 Å². The van der Waals surface area contributed by atoms with Gasteiger partial charge in [-0.3, -0.25) is 0 Å². The molecule has 1 rings (SSSR count). The van der Waals surface area contributed by atoms with E-state index in [2.05, 4.69) is 0 Å². The molecule has 0 fully saturated rings. The molecule has 2 atom stereocenters. The van der Waals surface area contributed by atoms with Crippen molar-refractivity contribution < 1.29 is 18.6 Å². The van der Waals surface area contributed by atoms with E-state index in [1.54, 1.807) is 31.2 Å². The second-order valence-corrected chi connectivity index (χ2v) is 6.92. The third-order valence-electron chi connectivity index (χ3n) is 3.04. The van der Waals surface area contributed by atoms with Gasteiger partial charge in [0.2, 0.25) is 0 Å². The third kappa shape index (κ3) is 4.93. The lowest BCUT2D eigenvalue weighted by molar-refractivity contribution is 0.0265. The molecule has 0 heterocycles. The molecule has 0 saturated heterocycles. The summed E-state index contributed by atoms with van der Waals surface area (Å²) in [6.07, 6.45) is 0.177. The Kier molecular flexibility index (Phi) is 5.97. The van der Waals surface area contributed by atoms with Crippen molar-refractivity contribution in [3.05, 3.63) is 29.8 Å². The third-order valence-corrected chi connectivity index (χ3v) is 4.98. The van der Waals surface area contributed by atoms with Crippen molar-refractivity contribution >= 4 is 9.84 Å². The molecule has 1 aromatic rings. The van der Waals surface area contributed by atoms with Crippen LogP contribution in [-0.4, -0.2) is 36.6 Å². The number of rotatable bonds is 7. The van der Waals surface area contributed by atoms with Crippen LogP contribution < -0.4 is 0 Å². The second kappa shape index (κ2) is 7.03. The average Bonchev–Trinajstić information content (AvgIpc) is 2.36. The summed E-state index contributed by atoms with van der Waals surface area (Å²) in [7, 11) is -3.16. The molecule has 1 aromatic carbocycles. The highest BCUT2D eigenvalue weighted by atomic mass is 32.2. The Morgan fingerprint density at radius 1 is 1.16 bits per heavy atom. The Labute approximate surface area is 115 Å². The first-order chi connectivity index (χ1) is 8.86. The number of benzene rings is 1. The van der Waals surface area contributed by atoms with E-state index in [1.165, 1.54) is 0 Å². The fourth-order valence-corrected chi connectivity index (χ4v) is 3.13. The molecule has 0 saturated carbocycles. The molecule has 2 unspecified atom stereocenters. The highest BCUT2D eigenvalue weighted by molar-refractivity contribution is 7.91. The minimum absolute atomic E-state index is 0.160. The summed E-state index contributed by atoms with van der Waals surface area (Å²) in [6.45, 7) is 3.38. The van der Waals surface area contributed by atoms with Crippen LogP contribution >= 0.6 is 0 Å². The lowest BCUT2D eigenvalue weighted by atomic mass is 10.0. The zero-order chi connectivity index (χ0) is 14.5. The van der Waals surface area contributed by atoms with Crippen LogP contribution in [-0.2, 0) is 16.3 Å². The topological polar surface area (TPSA) is 74.6 Å². The number of aliphatic hydroxyl groups is 2. The molecular weight excluding hydrogens is 264 g/mol. The molecule has 0 aliphatic rings. The first kappa shape index (κ1) is 16.1. The van der Waals surface area contributed by atoms with Crippen molar-refractivity contribution in [3.8, 4) is 0 Å². The van der Waals surface area contributed by atoms with Crippen LogP contribution in [0.4, 0.5) is 0 Å². The van der Waals surface area contributed by atoms with Crippen LogP contribution in [0.25, 0.3) is 0 Å². The fourth-order valence-electron chi connectivity index (χ4n) is 1.81. The highest BCUT2D eigenvalue weighted by Gasteiger charge is 2.13. The normalized spacial score (nSPS) is 15.2. The van der Waals surface area contributed by atoms with Crippen LogP contribution in [0.15, 0.2) is 29.2 Å². The van der Waals surface area contributed by atoms with Crippen LogP contribution in [0.3, 0.4) is 0 Å². The molecule has 19 heavy (non-hydrogen) atoms. The number of sulfone groups is 1. The van der Waals surface area contributed by atoms with Gasteiger partial charge in [0.15, 0.2) is 9.84 Å². The molecule has 4 nitrogen and oxygen atoms in total. The smallest absolute Gasteiger partial charge is 0.178 e. The lowest BCUT2D eigenvalue weighted by Gasteiger charge is -2.13. The maximum absolute atomic E-state index is 11.8. The van der Waals surface area contributed by atoms with Gasteiger partial charge in [-0.25, -0.2) is 8.42 Å². The van der Waals surface area contributed by atoms with Crippen LogP contribution in [0.2, 0.25) is 0 Å². The Hall–Kier alpha value is -0.910. The van der Waals surface area contributed by atoms with E-state index in [-0.39, 0.29) is 5.75 Å². The molecule has 0 spiro atoms. The van der Waals surface area contributed by atoms with Gasteiger partial charge >= 0.3 is 0 Å². The van der Waals surface area contributed by atoms with Gasteiger partial charge < -0.3 is 10.2 Å². The van der Waals surface area contributed by atoms with E-state index in [1.807, 2.05) is 6.92 Å². The maximum Gasteiger partial charge on any atom is 0.178 e. The van der Waals surface area contributed by atoms with Gasteiger partial charge in [0.1, 0.15) is 0 Å². The van der Waals surface area contributed by atoms with Gasteiger partial charge in [0.25, 0.3) is 0 Å². The van der Waals surface area contributed by atoms with Gasteiger partial charge in [-0.2, -0.15) is 0 Å². The molecule has 0 aromatic heterocycles. The van der Waals surface area contributed by atoms with Gasteiger partial charge in [-0.1, -0.05) is 19.1 Å². The molecule has 0 amide bonds. The van der Waals surface area contributed by atoms with E-state index < -0.39 is 22.0 Å². The van der Waals surface area contributed by atoms with Crippen molar-refractivity contribution in [2.24, 2.45) is 0 Å². The first-order valence-electron chi connectivity index (χ1n) is 6.54. The quantitative estimate of drug-likeness (QED) is 0.797. The predicted molar refractivity (Wildman–Crippen MR) is 74.8 cm³/mol. The minimum atomic E-state index is -3.16. The molecule has 0 aliphatic heterocycles. The van der Waals surface area contributed by atoms with Crippen molar-refractivity contribution in [1.82, 2.24) is 0 Å². The maximum atomic E-state index is 11.8. The number of aryl methyl sites for hydroxylation is 1. The number of hydrogen-bond donors (Lipinski definition) is 2. The van der Waals surface area contributed by atoms with Crippen molar-refractivity contribution in [3.63, 3.8) is 0 Å². The zero-order valence-electron chi connectivity index (χ0n) is 11.4. The fraction of sp³-hybridized carbons (Fsp3) is 0.571. The van der Waals surface area contributed by atoms with E-state index in [0.29, 0.717) is 24.2 Å². The number of aliphatic hydroxyl groups excluding tert-OH is 2. The van der Waals surface area contributed by atoms with Crippen LogP contribution in [0.1, 0.15) is 32.3 Å². The molecule has 0 aliphatic carbocycles. The van der Waals surface area contributed by atoms with Crippen molar-refractivity contribution in [2.45, 2.75) is 50.2 Å². The number of hydrogen-bond acceptors (Lipinski definition) is 4. The summed E-state index contributed by atoms with van der Waals surface area (Å²) < 4.78 is 23.7. The molecule has 5 heteroatoms. The lowest BCUT2D eigenvalue weighted by Crippen LogP contribution is -2.22. The Morgan fingerprint density at radius 3 is 2.21 bits per heavy atom. The SMILES string of the molecule is CCCS(=O)(=O)c1ccc(CCC(O)C(C)O)cc1. The average molecular weight is 286 g/mol. The largest absolute Gasteiger partial charge is 0.391 e. The molecule has 108 valence electrons. The highest BCUT2D eigenvalue weighted by Crippen LogP contribution is 2.15. The Morgan fingerprint density at radius 2 is 1.74 bits per heavy atom. The monoisotopic (exact) mass is 286 g/mol. The molecule has 2 N–H and O–H groups in total. The van der Waals surface area contributed by atoms with E-state index in [9.17, 15) is 18.6 Å². The summed E-state index contributed by atoms with van der Waals surface area (Å²) in [5.41, 5.74) is 0.954. The van der Waals surface area contributed by atoms with E-state index >= 15 is 0 Å². The molecule has 0 bridgehead atoms. The van der Waals surface area contributed by atoms with Crippen LogP contribution in [0.5, 0.6) is 0 Å². The molecule has 0 radical (unpaired) electrons.